The summed E-state index contributed by atoms with van der Waals surface area (Å²) in [4.78, 5) is 4.35. The van der Waals surface area contributed by atoms with Crippen molar-refractivity contribution in [2.24, 2.45) is 16.0 Å². The van der Waals surface area contributed by atoms with Gasteiger partial charge in [-0.2, -0.15) is 5.10 Å². The molecule has 0 N–H and O–H groups in total. The number of hydrazone groups is 1. The first kappa shape index (κ1) is 17.4. The highest BCUT2D eigenvalue weighted by molar-refractivity contribution is 9.12. The van der Waals surface area contributed by atoms with Crippen molar-refractivity contribution in [2.45, 2.75) is 38.5 Å². The molecule has 0 aromatic heterocycles. The van der Waals surface area contributed by atoms with Crippen LogP contribution in [0.4, 0.5) is 0 Å². The molecule has 0 aliphatic heterocycles. The molecular weight excluding hydrogens is 338 g/mol. The van der Waals surface area contributed by atoms with E-state index in [2.05, 4.69) is 32.6 Å². The van der Waals surface area contributed by atoms with Crippen molar-refractivity contribution in [1.29, 1.82) is 0 Å². The zero-order valence-electron chi connectivity index (χ0n) is 12.3. The molecule has 0 saturated heterocycles. The molecule has 1 aliphatic carbocycles. The van der Waals surface area contributed by atoms with E-state index in [0.717, 1.165) is 18.1 Å². The van der Waals surface area contributed by atoms with Crippen LogP contribution in [0.5, 0.6) is 0 Å². The Morgan fingerprint density at radius 1 is 1.40 bits per heavy atom. The molecule has 3 nitrogen and oxygen atoms in total. The Morgan fingerprint density at radius 2 is 2.05 bits per heavy atom. The molecule has 0 heterocycles. The molecule has 112 valence electrons. The maximum atomic E-state index is 6.25. The fourth-order valence-corrected chi connectivity index (χ4v) is 2.60. The molecule has 1 saturated carbocycles. The van der Waals surface area contributed by atoms with E-state index in [1.165, 1.54) is 32.1 Å². The van der Waals surface area contributed by atoms with Crippen molar-refractivity contribution in [2.75, 3.05) is 14.1 Å². The van der Waals surface area contributed by atoms with Crippen molar-refractivity contribution >= 4 is 39.5 Å². The largest absolute Gasteiger partial charge is 0.293 e. The van der Waals surface area contributed by atoms with Crippen LogP contribution in [0.25, 0.3) is 0 Å². The Kier molecular flexibility index (Phi) is 8.15. The fraction of sp³-hybridized carbons (Fsp3) is 0.600. The van der Waals surface area contributed by atoms with Crippen molar-refractivity contribution in [3.05, 3.63) is 22.3 Å². The minimum absolute atomic E-state index is 0.561. The van der Waals surface area contributed by atoms with E-state index in [9.17, 15) is 0 Å². The second-order valence-electron chi connectivity index (χ2n) is 5.11. The molecule has 5 heteroatoms. The highest BCUT2D eigenvalue weighted by Gasteiger charge is 2.15. The van der Waals surface area contributed by atoms with Gasteiger partial charge in [-0.1, -0.05) is 50.3 Å². The first-order valence-corrected chi connectivity index (χ1v) is 8.15. The van der Waals surface area contributed by atoms with E-state index in [4.69, 9.17) is 11.6 Å². The van der Waals surface area contributed by atoms with Gasteiger partial charge in [0.2, 0.25) is 0 Å². The number of hydrogen-bond acceptors (Lipinski definition) is 3. The van der Waals surface area contributed by atoms with Crippen LogP contribution in [-0.2, 0) is 0 Å². The Balaban J connectivity index is 2.60. The van der Waals surface area contributed by atoms with Crippen molar-refractivity contribution in [1.82, 2.24) is 5.01 Å². The molecule has 1 rings (SSSR count). The summed E-state index contributed by atoms with van der Waals surface area (Å²) in [6.07, 6.45) is 11.2. The van der Waals surface area contributed by atoms with Crippen LogP contribution < -0.4 is 0 Å². The van der Waals surface area contributed by atoms with Crippen LogP contribution in [0.1, 0.15) is 38.5 Å². The third-order valence-electron chi connectivity index (χ3n) is 3.48. The second kappa shape index (κ2) is 9.35. The molecule has 0 bridgehead atoms. The lowest BCUT2D eigenvalue weighted by atomic mass is 9.85. The third kappa shape index (κ3) is 6.71. The molecule has 1 fully saturated rings. The van der Waals surface area contributed by atoms with E-state index in [1.54, 1.807) is 18.3 Å². The molecule has 0 unspecified atom stereocenters. The Bertz CT molecular complexity index is 409. The summed E-state index contributed by atoms with van der Waals surface area (Å²) in [6.45, 7) is 3.70. The molecule has 20 heavy (non-hydrogen) atoms. The summed E-state index contributed by atoms with van der Waals surface area (Å²) in [5.41, 5.74) is 1.04. The van der Waals surface area contributed by atoms with Gasteiger partial charge in [0.05, 0.1) is 6.21 Å². The molecule has 0 aromatic carbocycles. The normalized spacial score (nSPS) is 18.6. The molecular formula is C15H23BrClN3. The first-order valence-electron chi connectivity index (χ1n) is 6.98. The fourth-order valence-electron chi connectivity index (χ4n) is 2.34. The van der Waals surface area contributed by atoms with Crippen LogP contribution in [0.15, 0.2) is 32.4 Å². The predicted octanol–water partition coefficient (Wildman–Crippen LogP) is 4.93. The SMILES string of the molecule is C=C(Br)/C=N\N(C)/C(Cl)=C\C(CC1CCCCC1)=N/C. The number of nitrogens with zero attached hydrogens (tertiary/aromatic N) is 3. The molecule has 0 radical (unpaired) electrons. The van der Waals surface area contributed by atoms with Crippen LogP contribution in [0, 0.1) is 5.92 Å². The summed E-state index contributed by atoms with van der Waals surface area (Å²) in [7, 11) is 3.63. The highest BCUT2D eigenvalue weighted by atomic mass is 79.9. The van der Waals surface area contributed by atoms with Crippen LogP contribution >= 0.6 is 27.5 Å². The van der Waals surface area contributed by atoms with Crippen molar-refractivity contribution in [3.63, 3.8) is 0 Å². The van der Waals surface area contributed by atoms with Gasteiger partial charge in [-0.3, -0.25) is 10.0 Å². The van der Waals surface area contributed by atoms with Gasteiger partial charge in [0.25, 0.3) is 0 Å². The zero-order valence-corrected chi connectivity index (χ0v) is 14.6. The van der Waals surface area contributed by atoms with Gasteiger partial charge < -0.3 is 0 Å². The smallest absolute Gasteiger partial charge is 0.126 e. The standard InChI is InChI=1S/C15H23BrClN3/c1-12(16)11-19-20(3)15(17)10-14(18-2)9-13-7-5-4-6-8-13/h10-11,13H,1,4-9H2,2-3H3/b15-10-,18-14-,19-11-. The topological polar surface area (TPSA) is 28.0 Å². The van der Waals surface area contributed by atoms with Crippen LogP contribution in [-0.4, -0.2) is 31.0 Å². The maximum absolute atomic E-state index is 6.25. The third-order valence-corrected chi connectivity index (χ3v) is 4.03. The molecule has 0 spiro atoms. The molecule has 0 aromatic rings. The maximum Gasteiger partial charge on any atom is 0.126 e. The number of aliphatic imine (C=N–C) groups is 1. The number of hydrogen-bond donors (Lipinski definition) is 0. The van der Waals surface area contributed by atoms with E-state index in [0.29, 0.717) is 9.64 Å². The molecule has 0 atom stereocenters. The quantitative estimate of drug-likeness (QED) is 0.375. The lowest BCUT2D eigenvalue weighted by Gasteiger charge is -2.21. The Morgan fingerprint density at radius 3 is 2.60 bits per heavy atom. The van der Waals surface area contributed by atoms with Crippen molar-refractivity contribution in [3.8, 4) is 0 Å². The summed E-state index contributed by atoms with van der Waals surface area (Å²) in [5, 5.41) is 6.34. The van der Waals surface area contributed by atoms with Gasteiger partial charge in [-0.15, -0.1) is 0 Å². The minimum Gasteiger partial charge on any atom is -0.293 e. The van der Waals surface area contributed by atoms with Gasteiger partial charge in [0.1, 0.15) is 5.16 Å². The van der Waals surface area contributed by atoms with Gasteiger partial charge in [-0.25, -0.2) is 0 Å². The lowest BCUT2D eigenvalue weighted by molar-refractivity contribution is 0.368. The Hall–Kier alpha value is -0.610. The zero-order chi connectivity index (χ0) is 15.0. The van der Waals surface area contributed by atoms with E-state index in [1.807, 2.05) is 13.1 Å². The molecule has 0 amide bonds. The highest BCUT2D eigenvalue weighted by Crippen LogP contribution is 2.27. The van der Waals surface area contributed by atoms with E-state index < -0.39 is 0 Å². The van der Waals surface area contributed by atoms with Crippen LogP contribution in [0.2, 0.25) is 0 Å². The number of halogens is 2. The number of allylic oxidation sites excluding steroid dienone is 2. The van der Waals surface area contributed by atoms with Gasteiger partial charge >= 0.3 is 0 Å². The van der Waals surface area contributed by atoms with Gasteiger partial charge in [-0.05, 0) is 34.3 Å². The summed E-state index contributed by atoms with van der Waals surface area (Å²) >= 11 is 9.48. The second-order valence-corrected chi connectivity index (χ2v) is 6.51. The van der Waals surface area contributed by atoms with E-state index >= 15 is 0 Å². The average Bonchev–Trinajstić information content (AvgIpc) is 2.44. The molecule has 1 aliphatic rings. The van der Waals surface area contributed by atoms with Crippen LogP contribution in [0.3, 0.4) is 0 Å². The first-order chi connectivity index (χ1) is 9.52. The lowest BCUT2D eigenvalue weighted by Crippen LogP contribution is -2.13. The summed E-state index contributed by atoms with van der Waals surface area (Å²) < 4.78 is 0.709. The Labute approximate surface area is 135 Å². The summed E-state index contributed by atoms with van der Waals surface area (Å²) in [6, 6.07) is 0. The monoisotopic (exact) mass is 359 g/mol. The summed E-state index contributed by atoms with van der Waals surface area (Å²) in [5.74, 6) is 0.749. The number of rotatable bonds is 6. The van der Waals surface area contributed by atoms with Gasteiger partial charge in [0, 0.05) is 24.3 Å². The predicted molar refractivity (Wildman–Crippen MR) is 92.8 cm³/mol. The van der Waals surface area contributed by atoms with Gasteiger partial charge in [0.15, 0.2) is 0 Å². The minimum atomic E-state index is 0.561. The van der Waals surface area contributed by atoms with E-state index in [-0.39, 0.29) is 0 Å². The average molecular weight is 361 g/mol. The van der Waals surface area contributed by atoms with Crippen molar-refractivity contribution < 1.29 is 0 Å².